The molecule has 0 heterocycles. The second-order valence-corrected chi connectivity index (χ2v) is 1.39. The molecule has 0 aliphatic heterocycles. The molecule has 0 bridgehead atoms. The van der Waals surface area contributed by atoms with Crippen LogP contribution in [0.5, 0.6) is 0 Å². The first kappa shape index (κ1) is 16.0. The van der Waals surface area contributed by atoms with Crippen LogP contribution in [-0.2, 0) is 0 Å². The fourth-order valence-corrected chi connectivity index (χ4v) is 0. The SMILES string of the molecule is O[As](O)O.[CaH2].[CaH2]. The van der Waals surface area contributed by atoms with Gasteiger partial charge in [-0.1, -0.05) is 0 Å². The van der Waals surface area contributed by atoms with Crippen molar-refractivity contribution in [3.8, 4) is 0 Å². The van der Waals surface area contributed by atoms with Crippen LogP contribution < -0.4 is 0 Å². The summed E-state index contributed by atoms with van der Waals surface area (Å²) in [6.45, 7) is 0. The molecule has 6 heteroatoms. The predicted octanol–water partition coefficient (Wildman–Crippen LogP) is -3.88. The van der Waals surface area contributed by atoms with E-state index in [1.807, 2.05) is 0 Å². The van der Waals surface area contributed by atoms with Crippen molar-refractivity contribution in [1.29, 1.82) is 0 Å². The Morgan fingerprint density at radius 3 is 0.833 bits per heavy atom. The van der Waals surface area contributed by atoms with Gasteiger partial charge in [0.15, 0.2) is 0 Å². The van der Waals surface area contributed by atoms with E-state index in [1.54, 1.807) is 0 Å². The van der Waals surface area contributed by atoms with E-state index >= 15 is 0 Å². The molecule has 0 saturated heterocycles. The molecule has 34 valence electrons. The van der Waals surface area contributed by atoms with E-state index in [0.29, 0.717) is 0 Å². The summed E-state index contributed by atoms with van der Waals surface area (Å²) in [6, 6.07) is 0. The zero-order chi connectivity index (χ0) is 3.58. The molecule has 3 nitrogen and oxygen atoms in total. The Hall–Kier alpha value is 2.96. The molecular weight excluding hydrogens is 203 g/mol. The Balaban J connectivity index is -0.0000000450. The summed E-state index contributed by atoms with van der Waals surface area (Å²) in [7, 11) is 0. The molecule has 0 fully saturated rings. The van der Waals surface area contributed by atoms with E-state index in [1.165, 1.54) is 0 Å². The number of hydrogen-bond acceptors (Lipinski definition) is 3. The number of hydrogen-bond donors (Lipinski definition) is 3. The molecular formula is H7AsCa2O3. The van der Waals surface area contributed by atoms with E-state index in [4.69, 9.17) is 12.3 Å². The molecule has 0 saturated carbocycles. The van der Waals surface area contributed by atoms with Gasteiger partial charge in [-0.3, -0.25) is 0 Å². The summed E-state index contributed by atoms with van der Waals surface area (Å²) >= 11 is -3.19. The van der Waals surface area contributed by atoms with Crippen LogP contribution in [0.15, 0.2) is 0 Å². The van der Waals surface area contributed by atoms with Crippen LogP contribution in [0.1, 0.15) is 0 Å². The molecule has 0 aromatic carbocycles. The Morgan fingerprint density at radius 2 is 0.833 bits per heavy atom. The molecule has 0 unspecified atom stereocenters. The minimum absolute atomic E-state index is 0. The van der Waals surface area contributed by atoms with Gasteiger partial charge >= 0.3 is 103 Å². The molecule has 0 atom stereocenters. The molecule has 6 heavy (non-hydrogen) atoms. The zero-order valence-corrected chi connectivity index (χ0v) is 3.67. The summed E-state index contributed by atoms with van der Waals surface area (Å²) in [5.74, 6) is 0. The third-order valence-corrected chi connectivity index (χ3v) is 0. The van der Waals surface area contributed by atoms with E-state index in [2.05, 4.69) is 0 Å². The van der Waals surface area contributed by atoms with Crippen molar-refractivity contribution in [3.63, 3.8) is 0 Å². The zero-order valence-electron chi connectivity index (χ0n) is 1.79. The van der Waals surface area contributed by atoms with Crippen molar-refractivity contribution in [1.82, 2.24) is 0 Å². The molecule has 0 aromatic heterocycles. The average molecular weight is 210 g/mol. The Labute approximate surface area is 101 Å². The summed E-state index contributed by atoms with van der Waals surface area (Å²) in [5, 5.41) is 0. The van der Waals surface area contributed by atoms with Crippen molar-refractivity contribution in [2.45, 2.75) is 0 Å². The topological polar surface area (TPSA) is 60.7 Å². The monoisotopic (exact) mass is 210 g/mol. The standard InChI is InChI=1S/AsH3O3.2Ca.4H/c2-1(3)4;;;;;;/h2-4H;;;;;;. The Kier molecular flexibility index (Phi) is 28.9. The van der Waals surface area contributed by atoms with Gasteiger partial charge in [0.25, 0.3) is 0 Å². The van der Waals surface area contributed by atoms with Crippen LogP contribution in [0.2, 0.25) is 0 Å². The van der Waals surface area contributed by atoms with Crippen molar-refractivity contribution in [3.05, 3.63) is 0 Å². The van der Waals surface area contributed by atoms with Gasteiger partial charge in [0, 0.05) is 0 Å². The third-order valence-electron chi connectivity index (χ3n) is 0. The van der Waals surface area contributed by atoms with E-state index in [0.717, 1.165) is 0 Å². The fraction of sp³-hybridized carbons (Fsp3) is 0. The predicted molar refractivity (Wildman–Crippen MR) is 29.5 cm³/mol. The molecule has 0 aliphatic carbocycles. The van der Waals surface area contributed by atoms with Gasteiger partial charge in [-0.15, -0.1) is 0 Å². The van der Waals surface area contributed by atoms with Crippen LogP contribution in [-0.4, -0.2) is 103 Å². The van der Waals surface area contributed by atoms with Gasteiger partial charge in [0.2, 0.25) is 0 Å². The minimum atomic E-state index is -3.19. The van der Waals surface area contributed by atoms with Gasteiger partial charge in [0.1, 0.15) is 0 Å². The van der Waals surface area contributed by atoms with E-state index in [-0.39, 0.29) is 75.5 Å². The quantitative estimate of drug-likeness (QED) is 0.358. The second-order valence-electron chi connectivity index (χ2n) is 0.268. The maximum absolute atomic E-state index is 7.31. The molecule has 0 spiro atoms. The van der Waals surface area contributed by atoms with Gasteiger partial charge in [-0.2, -0.15) is 0 Å². The molecule has 3 N–H and O–H groups in total. The van der Waals surface area contributed by atoms with Crippen LogP contribution in [0.25, 0.3) is 0 Å². The molecule has 0 aromatic rings. The molecule has 0 radical (unpaired) electrons. The van der Waals surface area contributed by atoms with Crippen molar-refractivity contribution < 1.29 is 12.3 Å². The van der Waals surface area contributed by atoms with Gasteiger partial charge in [0.05, 0.1) is 0 Å². The maximum atomic E-state index is 7.31. The van der Waals surface area contributed by atoms with Crippen molar-refractivity contribution >= 4 is 91.2 Å². The second kappa shape index (κ2) is 10.9. The number of rotatable bonds is 0. The van der Waals surface area contributed by atoms with E-state index < -0.39 is 15.7 Å². The third kappa shape index (κ3) is 28.2. The van der Waals surface area contributed by atoms with E-state index in [9.17, 15) is 0 Å². The Bertz CT molecular complexity index is 13.5. The van der Waals surface area contributed by atoms with Gasteiger partial charge in [-0.25, -0.2) is 0 Å². The first-order valence-electron chi connectivity index (χ1n) is 0.600. The average Bonchev–Trinajstić information content (AvgIpc) is 0.811. The van der Waals surface area contributed by atoms with Crippen LogP contribution >= 0.6 is 0 Å². The molecule has 0 amide bonds. The normalized spacial score (nSPS) is 6.00. The van der Waals surface area contributed by atoms with Crippen molar-refractivity contribution in [2.24, 2.45) is 0 Å². The van der Waals surface area contributed by atoms with Gasteiger partial charge < -0.3 is 0 Å². The summed E-state index contributed by atoms with van der Waals surface area (Å²) in [5.41, 5.74) is 0. The molecule has 0 rings (SSSR count). The summed E-state index contributed by atoms with van der Waals surface area (Å²) in [4.78, 5) is 0. The first-order chi connectivity index (χ1) is 1.73. The van der Waals surface area contributed by atoms with Gasteiger partial charge in [-0.05, 0) is 0 Å². The Morgan fingerprint density at radius 1 is 0.833 bits per heavy atom. The van der Waals surface area contributed by atoms with Crippen LogP contribution in [0.4, 0.5) is 0 Å². The summed E-state index contributed by atoms with van der Waals surface area (Å²) < 4.78 is 21.9. The molecule has 0 aliphatic rings. The summed E-state index contributed by atoms with van der Waals surface area (Å²) in [6.07, 6.45) is 0. The van der Waals surface area contributed by atoms with Crippen LogP contribution in [0, 0.1) is 0 Å². The fourth-order valence-electron chi connectivity index (χ4n) is 0. The van der Waals surface area contributed by atoms with Crippen molar-refractivity contribution in [2.75, 3.05) is 0 Å². The van der Waals surface area contributed by atoms with Crippen LogP contribution in [0.3, 0.4) is 0 Å². The first-order valence-corrected chi connectivity index (χ1v) is 3.12.